The van der Waals surface area contributed by atoms with Crippen LogP contribution in [0.2, 0.25) is 10.0 Å². The van der Waals surface area contributed by atoms with Crippen LogP contribution < -0.4 is 9.64 Å². The molecule has 1 saturated heterocycles. The van der Waals surface area contributed by atoms with Crippen LogP contribution in [0.1, 0.15) is 67.9 Å². The molecule has 10 heteroatoms. The van der Waals surface area contributed by atoms with Gasteiger partial charge in [-0.2, -0.15) is 5.26 Å². The molecular weight excluding hydrogens is 607 g/mol. The monoisotopic (exact) mass is 643 g/mol. The van der Waals surface area contributed by atoms with E-state index in [1.807, 2.05) is 11.8 Å². The van der Waals surface area contributed by atoms with Gasteiger partial charge in [0, 0.05) is 47.9 Å². The summed E-state index contributed by atoms with van der Waals surface area (Å²) in [7, 11) is 3.19. The van der Waals surface area contributed by atoms with Crippen molar-refractivity contribution in [2.75, 3.05) is 25.6 Å². The molecule has 1 aliphatic rings. The van der Waals surface area contributed by atoms with Crippen LogP contribution in [-0.2, 0) is 5.41 Å². The summed E-state index contributed by atoms with van der Waals surface area (Å²) in [6.07, 6.45) is 0.486. The number of hydrogen-bond acceptors (Lipinski definition) is 5. The third kappa shape index (κ3) is 5.98. The highest BCUT2D eigenvalue weighted by molar-refractivity contribution is 6.31. The van der Waals surface area contributed by atoms with Crippen molar-refractivity contribution in [3.8, 4) is 11.8 Å². The van der Waals surface area contributed by atoms with E-state index < -0.39 is 41.1 Å². The third-order valence-corrected chi connectivity index (χ3v) is 8.97. The first-order chi connectivity index (χ1) is 20.7. The summed E-state index contributed by atoms with van der Waals surface area (Å²) in [5.41, 5.74) is -1.04. The zero-order chi connectivity index (χ0) is 32.6. The molecule has 1 N–H and O–H groups in total. The second-order valence-corrected chi connectivity index (χ2v) is 13.3. The third-order valence-electron chi connectivity index (χ3n) is 8.44. The molecule has 4 atom stereocenters. The van der Waals surface area contributed by atoms with E-state index in [1.54, 1.807) is 37.4 Å². The summed E-state index contributed by atoms with van der Waals surface area (Å²) in [5.74, 6) is -3.28. The van der Waals surface area contributed by atoms with Gasteiger partial charge in [-0.15, -0.1) is 0 Å². The van der Waals surface area contributed by atoms with Gasteiger partial charge in [-0.3, -0.25) is 4.90 Å². The Morgan fingerprint density at radius 2 is 1.86 bits per heavy atom. The fourth-order valence-electron chi connectivity index (χ4n) is 6.70. The molecule has 234 valence electrons. The number of nitrogens with zero attached hydrogens (tertiary/aromatic N) is 3. The maximum absolute atomic E-state index is 16.2. The van der Waals surface area contributed by atoms with Crippen LogP contribution in [0.25, 0.3) is 0 Å². The number of hydrogen-bond donors (Lipinski definition) is 1. The Morgan fingerprint density at radius 3 is 2.43 bits per heavy atom. The summed E-state index contributed by atoms with van der Waals surface area (Å²) in [5, 5.41) is 21.1. The van der Waals surface area contributed by atoms with Crippen molar-refractivity contribution in [3.63, 3.8) is 0 Å². The summed E-state index contributed by atoms with van der Waals surface area (Å²) in [4.78, 5) is 15.9. The number of nitriles is 1. The van der Waals surface area contributed by atoms with Crippen molar-refractivity contribution < 1.29 is 23.4 Å². The van der Waals surface area contributed by atoms with Gasteiger partial charge >= 0.3 is 5.97 Å². The van der Waals surface area contributed by atoms with Gasteiger partial charge in [0.05, 0.1) is 24.4 Å². The van der Waals surface area contributed by atoms with Gasteiger partial charge in [0.25, 0.3) is 0 Å². The molecule has 0 saturated carbocycles. The van der Waals surface area contributed by atoms with E-state index in [0.29, 0.717) is 25.1 Å². The number of carboxylic acid groups (broad SMARTS) is 1. The smallest absolute Gasteiger partial charge is 0.339 e. The SMILES string of the molecule is CCCN1[C@@H](CC(C)(C)C)[C@](C#N)(c2ccc(Cl)cc2F)[C@@H](c2cccc(Cl)c2F)[C@H]1N(C)c1ccc(C(=O)O)c(OC)c1. The van der Waals surface area contributed by atoms with E-state index in [1.165, 1.54) is 31.4 Å². The van der Waals surface area contributed by atoms with E-state index in [4.69, 9.17) is 27.9 Å². The Labute approximate surface area is 267 Å². The molecule has 3 aromatic rings. The number of benzene rings is 3. The molecule has 0 radical (unpaired) electrons. The quantitative estimate of drug-likeness (QED) is 0.252. The Balaban J connectivity index is 2.12. The summed E-state index contributed by atoms with van der Waals surface area (Å²) in [6, 6.07) is 15.6. The average Bonchev–Trinajstić information content (AvgIpc) is 3.22. The minimum absolute atomic E-state index is 0.0147. The van der Waals surface area contributed by atoms with Crippen LogP contribution in [0.3, 0.4) is 0 Å². The summed E-state index contributed by atoms with van der Waals surface area (Å²) in [6.45, 7) is 8.69. The Kier molecular flexibility index (Phi) is 9.84. The number of likely N-dealkylation sites (tertiary alicyclic amines) is 1. The fourth-order valence-corrected chi connectivity index (χ4v) is 7.04. The molecule has 1 fully saturated rings. The zero-order valence-corrected chi connectivity index (χ0v) is 27.2. The first kappa shape index (κ1) is 33.5. The average molecular weight is 645 g/mol. The maximum Gasteiger partial charge on any atom is 0.339 e. The fraction of sp³-hybridized carbons (Fsp3) is 0.412. The van der Waals surface area contributed by atoms with Crippen molar-refractivity contribution in [2.45, 2.75) is 64.1 Å². The van der Waals surface area contributed by atoms with Crippen molar-refractivity contribution >= 4 is 34.9 Å². The molecule has 4 rings (SSSR count). The van der Waals surface area contributed by atoms with Crippen LogP contribution >= 0.6 is 23.2 Å². The number of likely N-dealkylation sites (N-methyl/N-ethyl adjacent to an activating group) is 1. The van der Waals surface area contributed by atoms with Crippen LogP contribution in [0.5, 0.6) is 5.75 Å². The molecule has 0 aliphatic carbocycles. The first-order valence-corrected chi connectivity index (χ1v) is 15.2. The van der Waals surface area contributed by atoms with Gasteiger partial charge in [0.15, 0.2) is 0 Å². The highest BCUT2D eigenvalue weighted by Gasteiger charge is 2.63. The predicted molar refractivity (Wildman–Crippen MR) is 170 cm³/mol. The minimum atomic E-state index is -1.59. The standard InChI is InChI=1S/C34H37Cl2F2N3O3/c1-7-15-41-28(18-33(2,3)4)34(19-39,24-14-11-20(35)16-26(24)37)29(23-9-8-10-25(36)30(23)38)31(41)40(5)21-12-13-22(32(42)43)27(17-21)44-6/h8-14,16-17,28-29,31H,7,15,18H2,1-6H3,(H,42,43)/t28-,29-,31-,34-/m0/s1. The lowest BCUT2D eigenvalue weighted by atomic mass is 9.63. The summed E-state index contributed by atoms with van der Waals surface area (Å²) >= 11 is 12.5. The predicted octanol–water partition coefficient (Wildman–Crippen LogP) is 8.52. The lowest BCUT2D eigenvalue weighted by molar-refractivity contribution is 0.0693. The lowest BCUT2D eigenvalue weighted by Gasteiger charge is -2.40. The second-order valence-electron chi connectivity index (χ2n) is 12.5. The number of methoxy groups -OCH3 is 1. The number of anilines is 1. The van der Waals surface area contributed by atoms with Crippen LogP contribution in [0.15, 0.2) is 54.6 Å². The number of carboxylic acids is 1. The van der Waals surface area contributed by atoms with E-state index in [-0.39, 0.29) is 37.9 Å². The molecular formula is C34H37Cl2F2N3O3. The Bertz CT molecular complexity index is 1590. The number of aromatic carboxylic acids is 1. The maximum atomic E-state index is 16.2. The molecule has 0 bridgehead atoms. The molecule has 0 unspecified atom stereocenters. The first-order valence-electron chi connectivity index (χ1n) is 14.4. The van der Waals surface area contributed by atoms with E-state index in [9.17, 15) is 15.2 Å². The number of carbonyl (C=O) groups is 1. The van der Waals surface area contributed by atoms with Crippen LogP contribution in [0, 0.1) is 28.4 Å². The van der Waals surface area contributed by atoms with Gasteiger partial charge < -0.3 is 14.7 Å². The highest BCUT2D eigenvalue weighted by Crippen LogP contribution is 2.57. The molecule has 3 aromatic carbocycles. The zero-order valence-electron chi connectivity index (χ0n) is 25.7. The van der Waals surface area contributed by atoms with Crippen molar-refractivity contribution in [2.24, 2.45) is 5.41 Å². The summed E-state index contributed by atoms with van der Waals surface area (Å²) < 4.78 is 37.8. The van der Waals surface area contributed by atoms with Gasteiger partial charge in [-0.1, -0.05) is 69.1 Å². The Morgan fingerprint density at radius 1 is 1.16 bits per heavy atom. The second kappa shape index (κ2) is 12.9. The molecule has 0 aromatic heterocycles. The largest absolute Gasteiger partial charge is 0.496 e. The molecule has 0 amide bonds. The van der Waals surface area contributed by atoms with Gasteiger partial charge in [0.2, 0.25) is 0 Å². The normalized spacial score (nSPS) is 22.1. The van der Waals surface area contributed by atoms with Crippen molar-refractivity contribution in [3.05, 3.63) is 93.0 Å². The number of ether oxygens (including phenoxy) is 1. The lowest BCUT2D eigenvalue weighted by Crippen LogP contribution is -2.49. The minimum Gasteiger partial charge on any atom is -0.496 e. The van der Waals surface area contributed by atoms with Gasteiger partial charge in [0.1, 0.15) is 28.4 Å². The number of halogens is 4. The molecule has 0 spiro atoms. The van der Waals surface area contributed by atoms with Crippen LogP contribution in [-0.4, -0.2) is 48.9 Å². The van der Waals surface area contributed by atoms with Gasteiger partial charge in [-0.05, 0) is 54.2 Å². The molecule has 1 heterocycles. The van der Waals surface area contributed by atoms with E-state index >= 15 is 8.78 Å². The van der Waals surface area contributed by atoms with E-state index in [0.717, 1.165) is 0 Å². The van der Waals surface area contributed by atoms with E-state index in [2.05, 4.69) is 31.7 Å². The molecule has 6 nitrogen and oxygen atoms in total. The molecule has 1 aliphatic heterocycles. The Hall–Kier alpha value is -3.38. The topological polar surface area (TPSA) is 76.8 Å². The highest BCUT2D eigenvalue weighted by atomic mass is 35.5. The molecule has 44 heavy (non-hydrogen) atoms. The van der Waals surface area contributed by atoms with Crippen molar-refractivity contribution in [1.82, 2.24) is 4.90 Å². The van der Waals surface area contributed by atoms with Crippen LogP contribution in [0.4, 0.5) is 14.5 Å². The van der Waals surface area contributed by atoms with Crippen molar-refractivity contribution in [1.29, 1.82) is 5.26 Å². The number of rotatable bonds is 9. The van der Waals surface area contributed by atoms with Gasteiger partial charge in [-0.25, -0.2) is 13.6 Å².